The standard InChI is InChI=1S/C22H24ClN3O5S/c1-28-17-6-5-13(9-16(17)26(23)20(27)7-8-24)15-12-25-32-22(15)14-10-18(29-2)21(31-4)19(11-14)30-3/h5-6,9-12H,7-8,24H2,1-4H3. The van der Waals surface area contributed by atoms with Crippen LogP contribution in [0.15, 0.2) is 36.5 Å². The van der Waals surface area contributed by atoms with Crippen molar-refractivity contribution in [3.8, 4) is 44.6 Å². The van der Waals surface area contributed by atoms with E-state index in [0.29, 0.717) is 28.7 Å². The van der Waals surface area contributed by atoms with E-state index in [1.54, 1.807) is 39.7 Å². The minimum atomic E-state index is -0.321. The maximum Gasteiger partial charge on any atom is 0.243 e. The van der Waals surface area contributed by atoms with E-state index >= 15 is 0 Å². The number of nitrogens with zero attached hydrogens (tertiary/aromatic N) is 2. The van der Waals surface area contributed by atoms with E-state index in [2.05, 4.69) is 4.37 Å². The Hall–Kier alpha value is -3.01. The predicted molar refractivity (Wildman–Crippen MR) is 126 cm³/mol. The van der Waals surface area contributed by atoms with Crippen LogP contribution in [0.25, 0.3) is 21.6 Å². The first-order valence-corrected chi connectivity index (χ1v) is 10.7. The second-order valence-corrected chi connectivity index (χ2v) is 7.72. The Kier molecular flexibility index (Phi) is 7.79. The number of halogens is 1. The second-order valence-electron chi connectivity index (χ2n) is 6.58. The Morgan fingerprint density at radius 1 is 1.00 bits per heavy atom. The van der Waals surface area contributed by atoms with Gasteiger partial charge >= 0.3 is 0 Å². The molecule has 0 atom stereocenters. The van der Waals surface area contributed by atoms with Crippen LogP contribution in [0.5, 0.6) is 23.0 Å². The average Bonchev–Trinajstić information content (AvgIpc) is 3.32. The molecule has 1 amide bonds. The number of hydrogen-bond acceptors (Lipinski definition) is 8. The first kappa shape index (κ1) is 23.6. The molecule has 170 valence electrons. The van der Waals surface area contributed by atoms with Crippen molar-refractivity contribution in [3.05, 3.63) is 36.5 Å². The van der Waals surface area contributed by atoms with Gasteiger partial charge in [-0.1, -0.05) is 6.07 Å². The summed E-state index contributed by atoms with van der Waals surface area (Å²) in [6.07, 6.45) is 1.88. The molecule has 0 aliphatic carbocycles. The van der Waals surface area contributed by atoms with Gasteiger partial charge in [0.2, 0.25) is 11.7 Å². The molecule has 0 fully saturated rings. The number of benzene rings is 2. The third-order valence-electron chi connectivity index (χ3n) is 4.78. The fourth-order valence-corrected chi connectivity index (χ4v) is 4.20. The fraction of sp³-hybridized carbons (Fsp3) is 0.273. The molecular formula is C22H24ClN3O5S. The summed E-state index contributed by atoms with van der Waals surface area (Å²) in [6, 6.07) is 9.15. The zero-order valence-corrected chi connectivity index (χ0v) is 19.7. The maximum atomic E-state index is 12.3. The Labute approximate surface area is 195 Å². The molecule has 3 rings (SSSR count). The highest BCUT2D eigenvalue weighted by Crippen LogP contribution is 2.45. The van der Waals surface area contributed by atoms with Gasteiger partial charge in [0.1, 0.15) is 11.4 Å². The largest absolute Gasteiger partial charge is 0.495 e. The van der Waals surface area contributed by atoms with Gasteiger partial charge in [-0.15, -0.1) is 0 Å². The molecule has 10 heteroatoms. The lowest BCUT2D eigenvalue weighted by molar-refractivity contribution is -0.117. The Morgan fingerprint density at radius 2 is 1.66 bits per heavy atom. The average molecular weight is 478 g/mol. The number of methoxy groups -OCH3 is 4. The Bertz CT molecular complexity index is 1080. The first-order valence-electron chi connectivity index (χ1n) is 9.61. The van der Waals surface area contributed by atoms with Crippen LogP contribution in [0.4, 0.5) is 5.69 Å². The molecule has 2 aromatic carbocycles. The van der Waals surface area contributed by atoms with Crippen LogP contribution in [0.1, 0.15) is 6.42 Å². The van der Waals surface area contributed by atoms with Crippen molar-refractivity contribution >= 4 is 34.9 Å². The van der Waals surface area contributed by atoms with E-state index in [1.165, 1.54) is 18.6 Å². The summed E-state index contributed by atoms with van der Waals surface area (Å²) < 4.78 is 27.2. The summed E-state index contributed by atoms with van der Waals surface area (Å²) in [5, 5.41) is 0. The highest BCUT2D eigenvalue weighted by Gasteiger charge is 2.21. The molecule has 0 radical (unpaired) electrons. The summed E-state index contributed by atoms with van der Waals surface area (Å²) >= 11 is 7.64. The molecule has 0 aliphatic heterocycles. The lowest BCUT2D eigenvalue weighted by atomic mass is 10.0. The quantitative estimate of drug-likeness (QED) is 0.458. The summed E-state index contributed by atoms with van der Waals surface area (Å²) in [7, 11) is 6.21. The normalized spacial score (nSPS) is 10.6. The van der Waals surface area contributed by atoms with Gasteiger partial charge < -0.3 is 24.7 Å². The number of rotatable bonds is 9. The van der Waals surface area contributed by atoms with Gasteiger partial charge in [0, 0.05) is 42.1 Å². The molecule has 0 aliphatic rings. The third kappa shape index (κ3) is 4.59. The molecule has 3 aromatic rings. The van der Waals surface area contributed by atoms with Crippen LogP contribution in [0, 0.1) is 0 Å². The van der Waals surface area contributed by atoms with Crippen molar-refractivity contribution in [2.24, 2.45) is 5.73 Å². The van der Waals surface area contributed by atoms with Crippen LogP contribution in [-0.4, -0.2) is 45.3 Å². The van der Waals surface area contributed by atoms with Crippen molar-refractivity contribution in [1.29, 1.82) is 0 Å². The molecule has 0 spiro atoms. The summed E-state index contributed by atoms with van der Waals surface area (Å²) in [5.41, 5.74) is 8.43. The van der Waals surface area contributed by atoms with Gasteiger partial charge in [0.05, 0.1) is 33.3 Å². The molecule has 32 heavy (non-hydrogen) atoms. The van der Waals surface area contributed by atoms with E-state index in [1.807, 2.05) is 18.2 Å². The van der Waals surface area contributed by atoms with Gasteiger partial charge in [-0.05, 0) is 41.4 Å². The monoisotopic (exact) mass is 477 g/mol. The number of nitrogens with two attached hydrogens (primary N) is 1. The lowest BCUT2D eigenvalue weighted by Gasteiger charge is -2.18. The summed E-state index contributed by atoms with van der Waals surface area (Å²) in [6.45, 7) is 0.198. The van der Waals surface area contributed by atoms with Gasteiger partial charge in [-0.3, -0.25) is 4.79 Å². The molecular weight excluding hydrogens is 454 g/mol. The van der Waals surface area contributed by atoms with Gasteiger partial charge in [0.25, 0.3) is 0 Å². The van der Waals surface area contributed by atoms with Crippen LogP contribution in [0.3, 0.4) is 0 Å². The smallest absolute Gasteiger partial charge is 0.243 e. The van der Waals surface area contributed by atoms with Crippen molar-refractivity contribution in [3.63, 3.8) is 0 Å². The predicted octanol–water partition coefficient (Wildman–Crippen LogP) is 4.35. The number of ether oxygens (including phenoxy) is 4. The Morgan fingerprint density at radius 3 is 2.22 bits per heavy atom. The number of carbonyl (C=O) groups is 1. The number of anilines is 1. The molecule has 0 saturated heterocycles. The van der Waals surface area contributed by atoms with E-state index in [4.69, 9.17) is 36.5 Å². The topological polar surface area (TPSA) is 96.1 Å². The number of hydrogen-bond donors (Lipinski definition) is 1. The maximum absolute atomic E-state index is 12.3. The van der Waals surface area contributed by atoms with Crippen LogP contribution < -0.4 is 29.1 Å². The molecule has 0 bridgehead atoms. The number of amides is 1. The van der Waals surface area contributed by atoms with Crippen LogP contribution in [-0.2, 0) is 4.79 Å². The lowest BCUT2D eigenvalue weighted by Crippen LogP contribution is -2.23. The van der Waals surface area contributed by atoms with E-state index in [9.17, 15) is 4.79 Å². The number of aromatic nitrogens is 1. The summed E-state index contributed by atoms with van der Waals surface area (Å²) in [4.78, 5) is 13.2. The highest BCUT2D eigenvalue weighted by atomic mass is 35.5. The van der Waals surface area contributed by atoms with Crippen LogP contribution in [0.2, 0.25) is 0 Å². The fourth-order valence-electron chi connectivity index (χ4n) is 3.23. The van der Waals surface area contributed by atoms with Crippen molar-refractivity contribution in [1.82, 2.24) is 4.37 Å². The third-order valence-corrected chi connectivity index (χ3v) is 6.00. The van der Waals surface area contributed by atoms with Crippen LogP contribution >= 0.6 is 23.3 Å². The van der Waals surface area contributed by atoms with Crippen molar-refractivity contribution in [2.45, 2.75) is 6.42 Å². The van der Waals surface area contributed by atoms with Gasteiger partial charge in [0.15, 0.2) is 11.5 Å². The van der Waals surface area contributed by atoms with E-state index < -0.39 is 0 Å². The zero-order valence-electron chi connectivity index (χ0n) is 18.2. The molecule has 0 unspecified atom stereocenters. The Balaban J connectivity index is 2.11. The zero-order chi connectivity index (χ0) is 23.3. The highest BCUT2D eigenvalue weighted by molar-refractivity contribution is 7.10. The SMILES string of the molecule is COc1ccc(-c2cnsc2-c2cc(OC)c(OC)c(OC)c2)cc1N(Cl)C(=O)CCN. The van der Waals surface area contributed by atoms with E-state index in [-0.39, 0.29) is 18.9 Å². The molecule has 2 N–H and O–H groups in total. The number of carbonyl (C=O) groups excluding carboxylic acids is 1. The van der Waals surface area contributed by atoms with Gasteiger partial charge in [-0.25, -0.2) is 4.42 Å². The molecule has 1 heterocycles. The molecule has 1 aromatic heterocycles. The summed E-state index contributed by atoms with van der Waals surface area (Å²) in [5.74, 6) is 1.73. The van der Waals surface area contributed by atoms with Crippen molar-refractivity contribution < 1.29 is 23.7 Å². The molecule has 8 nitrogen and oxygen atoms in total. The minimum absolute atomic E-state index is 0.119. The first-order chi connectivity index (χ1) is 15.5. The van der Waals surface area contributed by atoms with Crippen molar-refractivity contribution in [2.75, 3.05) is 39.4 Å². The van der Waals surface area contributed by atoms with Gasteiger partial charge in [-0.2, -0.15) is 4.37 Å². The second kappa shape index (κ2) is 10.5. The minimum Gasteiger partial charge on any atom is -0.495 e. The molecule has 0 saturated carbocycles. The van der Waals surface area contributed by atoms with E-state index in [0.717, 1.165) is 26.0 Å².